The van der Waals surface area contributed by atoms with Crippen LogP contribution in [0.15, 0.2) is 23.0 Å². The number of fused-ring (bicyclic) bond motifs is 5. The van der Waals surface area contributed by atoms with Gasteiger partial charge >= 0.3 is 5.97 Å². The molecule has 3 aromatic rings. The molecular weight excluding hydrogens is 465 g/mol. The van der Waals surface area contributed by atoms with Crippen LogP contribution >= 0.6 is 0 Å². The Morgan fingerprint density at radius 2 is 2.06 bits per heavy atom. The Morgan fingerprint density at radius 1 is 1.28 bits per heavy atom. The topological polar surface area (TPSA) is 105 Å². The second-order valence-corrected chi connectivity index (χ2v) is 10.2. The molecule has 36 heavy (non-hydrogen) atoms. The Morgan fingerprint density at radius 3 is 2.75 bits per heavy atom. The van der Waals surface area contributed by atoms with Crippen molar-refractivity contribution in [2.24, 2.45) is 0 Å². The number of hydrogen-bond donors (Lipinski definition) is 2. The molecule has 0 unspecified atom stereocenters. The molecule has 0 radical (unpaired) electrons. The second kappa shape index (κ2) is 7.93. The number of aromatic nitrogens is 2. The molecule has 1 fully saturated rings. The zero-order valence-electron chi connectivity index (χ0n) is 20.5. The summed E-state index contributed by atoms with van der Waals surface area (Å²) in [5.74, 6) is -1.14. The average Bonchev–Trinajstić information content (AvgIpc) is 3.45. The maximum atomic E-state index is 14.6. The van der Waals surface area contributed by atoms with Crippen molar-refractivity contribution in [1.29, 1.82) is 0 Å². The molecular formula is C27H28FN3O5. The SMILES string of the molecule is CC[C@@]1(O)C(=O)OCc2c1cc1n(c2=O)Cc2c-1nc1cc(F)c(C)cc1c2[C@H](C)N1CC[C@H](O)C1. The van der Waals surface area contributed by atoms with Crippen LogP contribution in [-0.2, 0) is 28.3 Å². The lowest BCUT2D eigenvalue weighted by molar-refractivity contribution is -0.172. The van der Waals surface area contributed by atoms with Gasteiger partial charge in [0.25, 0.3) is 5.56 Å². The summed E-state index contributed by atoms with van der Waals surface area (Å²) in [4.78, 5) is 33.1. The molecule has 6 rings (SSSR count). The Hall–Kier alpha value is -3.14. The summed E-state index contributed by atoms with van der Waals surface area (Å²) in [5, 5.41) is 22.1. The van der Waals surface area contributed by atoms with Crippen LogP contribution in [0.4, 0.5) is 4.39 Å². The molecule has 0 spiro atoms. The number of rotatable bonds is 3. The summed E-state index contributed by atoms with van der Waals surface area (Å²) in [7, 11) is 0. The summed E-state index contributed by atoms with van der Waals surface area (Å²) < 4.78 is 21.4. The van der Waals surface area contributed by atoms with Gasteiger partial charge in [-0.05, 0) is 49.9 Å². The van der Waals surface area contributed by atoms with E-state index in [0.717, 1.165) is 23.1 Å². The van der Waals surface area contributed by atoms with Gasteiger partial charge in [0.15, 0.2) is 5.60 Å². The number of benzene rings is 1. The largest absolute Gasteiger partial charge is 0.458 e. The van der Waals surface area contributed by atoms with Gasteiger partial charge in [-0.15, -0.1) is 0 Å². The molecule has 5 heterocycles. The lowest BCUT2D eigenvalue weighted by atomic mass is 9.86. The Bertz CT molecular complexity index is 1520. The molecule has 0 saturated carbocycles. The minimum Gasteiger partial charge on any atom is -0.458 e. The summed E-state index contributed by atoms with van der Waals surface area (Å²) in [6.07, 6.45) is 0.340. The molecule has 8 nitrogen and oxygen atoms in total. The van der Waals surface area contributed by atoms with Crippen LogP contribution in [0.25, 0.3) is 22.3 Å². The Balaban J connectivity index is 1.63. The summed E-state index contributed by atoms with van der Waals surface area (Å²) >= 11 is 0. The van der Waals surface area contributed by atoms with Crippen molar-refractivity contribution in [3.63, 3.8) is 0 Å². The van der Waals surface area contributed by atoms with E-state index in [-0.39, 0.29) is 48.1 Å². The van der Waals surface area contributed by atoms with Crippen molar-refractivity contribution in [3.8, 4) is 11.4 Å². The third kappa shape index (κ3) is 3.12. The molecule has 2 N–H and O–H groups in total. The molecule has 9 heteroatoms. The number of ether oxygens (including phenoxy) is 1. The van der Waals surface area contributed by atoms with E-state index in [1.807, 2.05) is 0 Å². The molecule has 2 aromatic heterocycles. The van der Waals surface area contributed by atoms with E-state index in [9.17, 15) is 24.2 Å². The molecule has 0 amide bonds. The van der Waals surface area contributed by atoms with Crippen LogP contribution in [0.1, 0.15) is 60.5 Å². The number of halogens is 1. The van der Waals surface area contributed by atoms with Crippen molar-refractivity contribution in [3.05, 3.63) is 62.2 Å². The highest BCUT2D eigenvalue weighted by atomic mass is 19.1. The first-order chi connectivity index (χ1) is 17.1. The van der Waals surface area contributed by atoms with Crippen LogP contribution < -0.4 is 5.56 Å². The molecule has 0 aliphatic carbocycles. The number of aliphatic hydroxyl groups is 2. The molecule has 3 aliphatic rings. The van der Waals surface area contributed by atoms with E-state index in [2.05, 4.69) is 11.8 Å². The minimum atomic E-state index is -1.91. The number of pyridine rings is 2. The fraction of sp³-hybridized carbons (Fsp3) is 0.444. The molecule has 0 bridgehead atoms. The lowest BCUT2D eigenvalue weighted by Crippen LogP contribution is -2.44. The fourth-order valence-corrected chi connectivity index (χ4v) is 6.02. The van der Waals surface area contributed by atoms with E-state index in [0.29, 0.717) is 35.4 Å². The zero-order chi connectivity index (χ0) is 25.5. The van der Waals surface area contributed by atoms with Gasteiger partial charge < -0.3 is 19.5 Å². The summed E-state index contributed by atoms with van der Waals surface area (Å²) in [6.45, 7) is 6.77. The predicted octanol–water partition coefficient (Wildman–Crippen LogP) is 2.65. The Kier molecular flexibility index (Phi) is 5.13. The molecule has 188 valence electrons. The van der Waals surface area contributed by atoms with E-state index < -0.39 is 17.7 Å². The van der Waals surface area contributed by atoms with Crippen LogP contribution in [-0.4, -0.2) is 49.8 Å². The molecule has 1 saturated heterocycles. The molecule has 3 aliphatic heterocycles. The van der Waals surface area contributed by atoms with Gasteiger partial charge in [0.2, 0.25) is 0 Å². The van der Waals surface area contributed by atoms with Gasteiger partial charge in [-0.25, -0.2) is 14.2 Å². The quantitative estimate of drug-likeness (QED) is 0.423. The monoisotopic (exact) mass is 493 g/mol. The van der Waals surface area contributed by atoms with Crippen LogP contribution in [0.5, 0.6) is 0 Å². The predicted molar refractivity (Wildman–Crippen MR) is 130 cm³/mol. The third-order valence-electron chi connectivity index (χ3n) is 8.17. The molecule has 3 atom stereocenters. The number of cyclic esters (lactones) is 1. The van der Waals surface area contributed by atoms with Crippen LogP contribution in [0.3, 0.4) is 0 Å². The highest BCUT2D eigenvalue weighted by Crippen LogP contribution is 2.43. The lowest BCUT2D eigenvalue weighted by Gasteiger charge is -2.31. The highest BCUT2D eigenvalue weighted by molar-refractivity contribution is 5.90. The van der Waals surface area contributed by atoms with Gasteiger partial charge in [0.1, 0.15) is 12.4 Å². The number of esters is 1. The number of β-amino-alcohol motifs (C(OH)–C–C–N with tert-alkyl or cyclic N) is 1. The summed E-state index contributed by atoms with van der Waals surface area (Å²) in [6, 6.07) is 4.78. The summed E-state index contributed by atoms with van der Waals surface area (Å²) in [5.41, 5.74) is 2.10. The zero-order valence-corrected chi connectivity index (χ0v) is 20.5. The first-order valence-electron chi connectivity index (χ1n) is 12.4. The normalized spacial score (nSPS) is 23.9. The van der Waals surface area contributed by atoms with Crippen LogP contribution in [0.2, 0.25) is 0 Å². The van der Waals surface area contributed by atoms with Crippen molar-refractivity contribution >= 4 is 16.9 Å². The van der Waals surface area contributed by atoms with Gasteiger partial charge in [-0.1, -0.05) is 6.92 Å². The number of likely N-dealkylation sites (tertiary alicyclic amines) is 1. The van der Waals surface area contributed by atoms with Crippen LogP contribution in [0, 0.1) is 12.7 Å². The van der Waals surface area contributed by atoms with E-state index in [1.165, 1.54) is 6.07 Å². The average molecular weight is 494 g/mol. The van der Waals surface area contributed by atoms with E-state index in [4.69, 9.17) is 9.72 Å². The number of aliphatic hydroxyl groups excluding tert-OH is 1. The van der Waals surface area contributed by atoms with Crippen molar-refractivity contribution in [1.82, 2.24) is 14.5 Å². The third-order valence-corrected chi connectivity index (χ3v) is 8.17. The standard InChI is InChI=1S/C27H28FN3O5/c1-4-27(35)19-8-22-24-17(11-31(22)25(33)18(19)12-36-26(27)34)23(14(3)30-6-5-15(32)10-30)16-7-13(2)20(28)9-21(16)29-24/h7-9,14-15,32,35H,4-6,10-12H2,1-3H3/t14-,15-,27-/m0/s1. The Labute approximate surface area is 206 Å². The number of carbonyl (C=O) groups is 1. The van der Waals surface area contributed by atoms with Gasteiger partial charge in [0.05, 0.1) is 35.1 Å². The first-order valence-corrected chi connectivity index (χ1v) is 12.4. The minimum absolute atomic E-state index is 0.0593. The van der Waals surface area contributed by atoms with E-state index in [1.54, 1.807) is 30.5 Å². The number of aryl methyl sites for hydroxylation is 1. The number of nitrogens with zero attached hydrogens (tertiary/aromatic N) is 3. The highest BCUT2D eigenvalue weighted by Gasteiger charge is 2.45. The van der Waals surface area contributed by atoms with Gasteiger partial charge in [-0.3, -0.25) is 9.69 Å². The van der Waals surface area contributed by atoms with Gasteiger partial charge in [0, 0.05) is 41.7 Å². The maximum absolute atomic E-state index is 14.6. The number of hydrogen-bond acceptors (Lipinski definition) is 7. The fourth-order valence-electron chi connectivity index (χ4n) is 6.02. The van der Waals surface area contributed by atoms with Crippen molar-refractivity contribution in [2.75, 3.05) is 13.1 Å². The maximum Gasteiger partial charge on any atom is 0.343 e. The smallest absolute Gasteiger partial charge is 0.343 e. The second-order valence-electron chi connectivity index (χ2n) is 10.2. The first kappa shape index (κ1) is 23.3. The molecule has 1 aromatic carbocycles. The number of carbonyl (C=O) groups excluding carboxylic acids is 1. The van der Waals surface area contributed by atoms with Crippen molar-refractivity contribution in [2.45, 2.75) is 64.5 Å². The van der Waals surface area contributed by atoms with Gasteiger partial charge in [-0.2, -0.15) is 0 Å². The van der Waals surface area contributed by atoms with Crippen molar-refractivity contribution < 1.29 is 24.1 Å². The van der Waals surface area contributed by atoms with E-state index >= 15 is 0 Å².